The third-order valence-corrected chi connectivity index (χ3v) is 3.30. The standard InChI is InChI=1S/C11H20N4O/c1-4-14-5-7-15(8-6-14)9(2)11-12-10(3)13-16-11/h9H,4-8H2,1-3H3/t9-/m1/s1. The quantitative estimate of drug-likeness (QED) is 0.768. The van der Waals surface area contributed by atoms with Gasteiger partial charge in [0.25, 0.3) is 0 Å². The molecule has 0 aromatic carbocycles. The van der Waals surface area contributed by atoms with Crippen molar-refractivity contribution in [1.82, 2.24) is 19.9 Å². The number of hydrogen-bond acceptors (Lipinski definition) is 5. The second kappa shape index (κ2) is 4.93. The minimum atomic E-state index is 0.236. The predicted molar refractivity (Wildman–Crippen MR) is 61.1 cm³/mol. The van der Waals surface area contributed by atoms with Crippen LogP contribution in [-0.4, -0.2) is 52.7 Å². The van der Waals surface area contributed by atoms with Gasteiger partial charge < -0.3 is 9.42 Å². The predicted octanol–water partition coefficient (Wildman–Crippen LogP) is 1.08. The van der Waals surface area contributed by atoms with Crippen LogP contribution >= 0.6 is 0 Å². The van der Waals surface area contributed by atoms with Crippen LogP contribution in [0.25, 0.3) is 0 Å². The molecule has 0 unspecified atom stereocenters. The number of aromatic nitrogens is 2. The van der Waals surface area contributed by atoms with E-state index in [1.165, 1.54) is 0 Å². The lowest BCUT2D eigenvalue weighted by Gasteiger charge is -2.36. The Kier molecular flexibility index (Phi) is 3.56. The molecule has 16 heavy (non-hydrogen) atoms. The van der Waals surface area contributed by atoms with Crippen molar-refractivity contribution in [2.24, 2.45) is 0 Å². The van der Waals surface area contributed by atoms with E-state index in [9.17, 15) is 0 Å². The molecule has 1 aromatic rings. The number of likely N-dealkylation sites (N-methyl/N-ethyl adjacent to an activating group) is 1. The lowest BCUT2D eigenvalue weighted by atomic mass is 10.2. The van der Waals surface area contributed by atoms with Crippen molar-refractivity contribution >= 4 is 0 Å². The zero-order valence-corrected chi connectivity index (χ0v) is 10.3. The Hall–Kier alpha value is -0.940. The van der Waals surface area contributed by atoms with Gasteiger partial charge in [0.1, 0.15) is 0 Å². The number of piperazine rings is 1. The fraction of sp³-hybridized carbons (Fsp3) is 0.818. The molecule has 1 saturated heterocycles. The number of rotatable bonds is 3. The van der Waals surface area contributed by atoms with Gasteiger partial charge in [0, 0.05) is 26.2 Å². The highest BCUT2D eigenvalue weighted by atomic mass is 16.5. The Morgan fingerprint density at radius 3 is 2.50 bits per heavy atom. The Morgan fingerprint density at radius 2 is 2.00 bits per heavy atom. The monoisotopic (exact) mass is 224 g/mol. The van der Waals surface area contributed by atoms with Crippen LogP contribution < -0.4 is 0 Å². The van der Waals surface area contributed by atoms with Crippen molar-refractivity contribution in [3.8, 4) is 0 Å². The van der Waals surface area contributed by atoms with Gasteiger partial charge in [0.15, 0.2) is 5.82 Å². The van der Waals surface area contributed by atoms with Gasteiger partial charge in [-0.3, -0.25) is 4.90 Å². The largest absolute Gasteiger partial charge is 0.338 e. The van der Waals surface area contributed by atoms with E-state index in [1.807, 2.05) is 6.92 Å². The second-order valence-corrected chi connectivity index (χ2v) is 4.33. The minimum Gasteiger partial charge on any atom is -0.338 e. The Balaban J connectivity index is 1.93. The maximum absolute atomic E-state index is 5.22. The third kappa shape index (κ3) is 2.41. The lowest BCUT2D eigenvalue weighted by molar-refractivity contribution is 0.0914. The molecule has 1 atom stereocenters. The van der Waals surface area contributed by atoms with Crippen molar-refractivity contribution < 1.29 is 4.52 Å². The van der Waals surface area contributed by atoms with Crippen LogP contribution in [0.3, 0.4) is 0 Å². The topological polar surface area (TPSA) is 45.4 Å². The minimum absolute atomic E-state index is 0.236. The van der Waals surface area contributed by atoms with Crippen molar-refractivity contribution in [2.45, 2.75) is 26.8 Å². The van der Waals surface area contributed by atoms with Crippen LogP contribution in [0, 0.1) is 6.92 Å². The summed E-state index contributed by atoms with van der Waals surface area (Å²) >= 11 is 0. The molecular formula is C11H20N4O. The van der Waals surface area contributed by atoms with Crippen molar-refractivity contribution in [3.05, 3.63) is 11.7 Å². The normalized spacial score (nSPS) is 21.2. The van der Waals surface area contributed by atoms with Crippen LogP contribution in [0.15, 0.2) is 4.52 Å². The molecule has 0 spiro atoms. The van der Waals surface area contributed by atoms with Crippen LogP contribution in [0.5, 0.6) is 0 Å². The molecule has 1 aromatic heterocycles. The van der Waals surface area contributed by atoms with Crippen LogP contribution in [-0.2, 0) is 0 Å². The first-order valence-electron chi connectivity index (χ1n) is 5.97. The summed E-state index contributed by atoms with van der Waals surface area (Å²) < 4.78 is 5.22. The summed E-state index contributed by atoms with van der Waals surface area (Å²) in [5.41, 5.74) is 0. The highest BCUT2D eigenvalue weighted by molar-refractivity contribution is 4.91. The van der Waals surface area contributed by atoms with Gasteiger partial charge in [-0.25, -0.2) is 0 Å². The van der Waals surface area contributed by atoms with Gasteiger partial charge in [-0.05, 0) is 20.4 Å². The molecule has 0 aliphatic carbocycles. The fourth-order valence-electron chi connectivity index (χ4n) is 2.11. The second-order valence-electron chi connectivity index (χ2n) is 4.33. The number of hydrogen-bond donors (Lipinski definition) is 0. The summed E-state index contributed by atoms with van der Waals surface area (Å²) in [4.78, 5) is 9.15. The smallest absolute Gasteiger partial charge is 0.243 e. The first kappa shape index (κ1) is 11.5. The zero-order chi connectivity index (χ0) is 11.5. The molecule has 2 heterocycles. The van der Waals surface area contributed by atoms with E-state index in [-0.39, 0.29) is 6.04 Å². The van der Waals surface area contributed by atoms with E-state index >= 15 is 0 Å². The first-order chi connectivity index (χ1) is 7.70. The van der Waals surface area contributed by atoms with E-state index in [2.05, 4.69) is 33.8 Å². The molecule has 0 saturated carbocycles. The highest BCUT2D eigenvalue weighted by Gasteiger charge is 2.24. The van der Waals surface area contributed by atoms with Crippen molar-refractivity contribution in [3.63, 3.8) is 0 Å². The summed E-state index contributed by atoms with van der Waals surface area (Å²) in [5, 5.41) is 3.84. The molecule has 90 valence electrons. The lowest BCUT2D eigenvalue weighted by Crippen LogP contribution is -2.46. The van der Waals surface area contributed by atoms with Gasteiger partial charge in [-0.2, -0.15) is 4.98 Å². The molecule has 2 rings (SSSR count). The molecule has 5 heteroatoms. The molecule has 1 aliphatic rings. The van der Waals surface area contributed by atoms with E-state index in [4.69, 9.17) is 4.52 Å². The van der Waals surface area contributed by atoms with Gasteiger partial charge in [-0.1, -0.05) is 12.1 Å². The molecule has 1 fully saturated rings. The fourth-order valence-corrected chi connectivity index (χ4v) is 2.11. The maximum atomic E-state index is 5.22. The summed E-state index contributed by atoms with van der Waals surface area (Å²) in [6, 6.07) is 0.236. The SMILES string of the molecule is CCN1CCN([C@H](C)c2nc(C)no2)CC1. The van der Waals surface area contributed by atoms with E-state index in [1.54, 1.807) is 0 Å². The van der Waals surface area contributed by atoms with Crippen LogP contribution in [0.2, 0.25) is 0 Å². The van der Waals surface area contributed by atoms with Crippen molar-refractivity contribution in [2.75, 3.05) is 32.7 Å². The molecule has 1 aliphatic heterocycles. The Labute approximate surface area is 96.4 Å². The summed E-state index contributed by atoms with van der Waals surface area (Å²) in [6.07, 6.45) is 0. The van der Waals surface area contributed by atoms with Crippen molar-refractivity contribution in [1.29, 1.82) is 0 Å². The first-order valence-corrected chi connectivity index (χ1v) is 5.97. The van der Waals surface area contributed by atoms with E-state index in [0.717, 1.165) is 38.6 Å². The van der Waals surface area contributed by atoms with E-state index in [0.29, 0.717) is 5.82 Å². The van der Waals surface area contributed by atoms with Crippen LogP contribution in [0.1, 0.15) is 31.6 Å². The molecule has 5 nitrogen and oxygen atoms in total. The zero-order valence-electron chi connectivity index (χ0n) is 10.3. The van der Waals surface area contributed by atoms with Crippen LogP contribution in [0.4, 0.5) is 0 Å². The molecule has 0 radical (unpaired) electrons. The molecular weight excluding hydrogens is 204 g/mol. The van der Waals surface area contributed by atoms with Gasteiger partial charge >= 0.3 is 0 Å². The maximum Gasteiger partial charge on any atom is 0.243 e. The summed E-state index contributed by atoms with van der Waals surface area (Å²) in [7, 11) is 0. The number of aryl methyl sites for hydroxylation is 1. The average Bonchev–Trinajstić information content (AvgIpc) is 2.75. The average molecular weight is 224 g/mol. The Bertz CT molecular complexity index is 330. The summed E-state index contributed by atoms with van der Waals surface area (Å²) in [6.45, 7) is 11.8. The summed E-state index contributed by atoms with van der Waals surface area (Å²) in [5.74, 6) is 1.46. The molecule has 0 amide bonds. The number of nitrogens with zero attached hydrogens (tertiary/aromatic N) is 4. The van der Waals surface area contributed by atoms with Gasteiger partial charge in [0.2, 0.25) is 5.89 Å². The molecule has 0 bridgehead atoms. The highest BCUT2D eigenvalue weighted by Crippen LogP contribution is 2.19. The molecule has 0 N–H and O–H groups in total. The van der Waals surface area contributed by atoms with E-state index < -0.39 is 0 Å². The van der Waals surface area contributed by atoms with Gasteiger partial charge in [0.05, 0.1) is 6.04 Å². The van der Waals surface area contributed by atoms with Gasteiger partial charge in [-0.15, -0.1) is 0 Å². The Morgan fingerprint density at radius 1 is 1.31 bits per heavy atom. The third-order valence-electron chi connectivity index (χ3n) is 3.30.